The standard InChI is InChI=1S/C20H20BrN3O2/c1-12-10-15-6-4-5-7-17(15)24(12)20(25)18-9-8-16(26-18)11-23-14(3)19(21)13(2)22-23/h4-9,12H,10-11H2,1-3H3/t12-/m1/s1. The van der Waals surface area contributed by atoms with Crippen molar-refractivity contribution in [2.75, 3.05) is 4.90 Å². The third-order valence-corrected chi connectivity index (χ3v) is 6.04. The minimum absolute atomic E-state index is 0.0942. The molecule has 0 N–H and O–H groups in total. The predicted octanol–water partition coefficient (Wildman–Crippen LogP) is 4.50. The molecule has 4 rings (SSSR count). The van der Waals surface area contributed by atoms with E-state index in [9.17, 15) is 4.79 Å². The maximum atomic E-state index is 13.0. The monoisotopic (exact) mass is 413 g/mol. The van der Waals surface area contributed by atoms with Crippen molar-refractivity contribution in [3.8, 4) is 0 Å². The van der Waals surface area contributed by atoms with Crippen LogP contribution in [0.15, 0.2) is 45.3 Å². The van der Waals surface area contributed by atoms with Gasteiger partial charge in [-0.15, -0.1) is 0 Å². The number of aromatic nitrogens is 2. The molecule has 0 fully saturated rings. The predicted molar refractivity (Wildman–Crippen MR) is 104 cm³/mol. The normalized spacial score (nSPS) is 16.2. The van der Waals surface area contributed by atoms with Gasteiger partial charge in [-0.1, -0.05) is 18.2 Å². The quantitative estimate of drug-likeness (QED) is 0.635. The van der Waals surface area contributed by atoms with Gasteiger partial charge in [0.05, 0.1) is 22.4 Å². The van der Waals surface area contributed by atoms with E-state index in [0.29, 0.717) is 18.1 Å². The molecule has 0 unspecified atom stereocenters. The number of amides is 1. The summed E-state index contributed by atoms with van der Waals surface area (Å²) < 4.78 is 8.74. The Bertz CT molecular complexity index is 989. The van der Waals surface area contributed by atoms with Gasteiger partial charge in [-0.25, -0.2) is 0 Å². The molecule has 0 saturated carbocycles. The summed E-state index contributed by atoms with van der Waals surface area (Å²) in [4.78, 5) is 14.8. The molecule has 6 heteroatoms. The summed E-state index contributed by atoms with van der Waals surface area (Å²) in [5.41, 5.74) is 4.15. The number of furan rings is 1. The number of hydrogen-bond acceptors (Lipinski definition) is 3. The fourth-order valence-electron chi connectivity index (χ4n) is 3.55. The number of halogens is 1. The van der Waals surface area contributed by atoms with Crippen LogP contribution in [-0.2, 0) is 13.0 Å². The van der Waals surface area contributed by atoms with Gasteiger partial charge in [-0.2, -0.15) is 5.10 Å². The molecule has 1 aliphatic rings. The molecular weight excluding hydrogens is 394 g/mol. The number of para-hydroxylation sites is 1. The zero-order valence-corrected chi connectivity index (χ0v) is 16.6. The van der Waals surface area contributed by atoms with Crippen LogP contribution in [-0.4, -0.2) is 21.7 Å². The van der Waals surface area contributed by atoms with Crippen LogP contribution in [0, 0.1) is 13.8 Å². The van der Waals surface area contributed by atoms with Gasteiger partial charge in [0.25, 0.3) is 5.91 Å². The van der Waals surface area contributed by atoms with Crippen molar-refractivity contribution in [2.24, 2.45) is 0 Å². The summed E-state index contributed by atoms with van der Waals surface area (Å²) >= 11 is 3.53. The summed E-state index contributed by atoms with van der Waals surface area (Å²) in [6, 6.07) is 11.8. The Labute approximate surface area is 160 Å². The van der Waals surface area contributed by atoms with Gasteiger partial charge in [-0.3, -0.25) is 9.48 Å². The Hall–Kier alpha value is -2.34. The van der Waals surface area contributed by atoms with E-state index < -0.39 is 0 Å². The Morgan fingerprint density at radius 1 is 1.27 bits per heavy atom. The Morgan fingerprint density at radius 3 is 2.77 bits per heavy atom. The second kappa shape index (κ2) is 6.43. The second-order valence-electron chi connectivity index (χ2n) is 6.77. The highest BCUT2D eigenvalue weighted by Gasteiger charge is 2.32. The molecular formula is C20H20BrN3O2. The van der Waals surface area contributed by atoms with Gasteiger partial charge in [0.1, 0.15) is 5.76 Å². The molecule has 1 atom stereocenters. The van der Waals surface area contributed by atoms with Gasteiger partial charge >= 0.3 is 0 Å². The molecule has 3 heterocycles. The minimum atomic E-state index is -0.0942. The molecule has 1 aromatic carbocycles. The molecule has 5 nitrogen and oxygen atoms in total. The molecule has 1 amide bonds. The van der Waals surface area contributed by atoms with Crippen LogP contribution in [0.4, 0.5) is 5.69 Å². The third kappa shape index (κ3) is 2.78. The van der Waals surface area contributed by atoms with Crippen molar-refractivity contribution in [3.63, 3.8) is 0 Å². The maximum absolute atomic E-state index is 13.0. The van der Waals surface area contributed by atoms with E-state index in [2.05, 4.69) is 34.0 Å². The van der Waals surface area contributed by atoms with Crippen molar-refractivity contribution in [1.82, 2.24) is 9.78 Å². The molecule has 3 aromatic rings. The van der Waals surface area contributed by atoms with Gasteiger partial charge in [0, 0.05) is 11.7 Å². The topological polar surface area (TPSA) is 51.3 Å². The molecule has 26 heavy (non-hydrogen) atoms. The molecule has 0 radical (unpaired) electrons. The summed E-state index contributed by atoms with van der Waals surface area (Å²) in [6.07, 6.45) is 0.870. The van der Waals surface area contributed by atoms with Crippen LogP contribution in [0.5, 0.6) is 0 Å². The van der Waals surface area contributed by atoms with Crippen molar-refractivity contribution in [2.45, 2.75) is 39.8 Å². The lowest BCUT2D eigenvalue weighted by molar-refractivity contribution is 0.0952. The number of nitrogens with zero attached hydrogens (tertiary/aromatic N) is 3. The summed E-state index contributed by atoms with van der Waals surface area (Å²) in [7, 11) is 0. The lowest BCUT2D eigenvalue weighted by Gasteiger charge is -2.21. The SMILES string of the molecule is Cc1nn(Cc2ccc(C(=O)N3c4ccccc4C[C@H]3C)o2)c(C)c1Br. The Kier molecular flexibility index (Phi) is 4.23. The Balaban J connectivity index is 1.58. The highest BCUT2D eigenvalue weighted by atomic mass is 79.9. The fraction of sp³-hybridized carbons (Fsp3) is 0.300. The summed E-state index contributed by atoms with van der Waals surface area (Å²) in [6.45, 7) is 6.52. The largest absolute Gasteiger partial charge is 0.454 e. The van der Waals surface area contributed by atoms with Crippen LogP contribution < -0.4 is 4.90 Å². The number of benzene rings is 1. The lowest BCUT2D eigenvalue weighted by Crippen LogP contribution is -2.35. The van der Waals surface area contributed by atoms with E-state index in [1.165, 1.54) is 5.56 Å². The van der Waals surface area contributed by atoms with Gasteiger partial charge in [0.15, 0.2) is 5.76 Å². The first-order valence-electron chi connectivity index (χ1n) is 8.65. The fourth-order valence-corrected chi connectivity index (χ4v) is 3.83. The summed E-state index contributed by atoms with van der Waals surface area (Å²) in [5, 5.41) is 4.49. The summed E-state index contributed by atoms with van der Waals surface area (Å²) in [5.74, 6) is 0.985. The van der Waals surface area contributed by atoms with E-state index in [1.54, 1.807) is 6.07 Å². The number of aryl methyl sites for hydroxylation is 1. The zero-order chi connectivity index (χ0) is 18.4. The molecule has 2 aromatic heterocycles. The van der Waals surface area contributed by atoms with Crippen LogP contribution in [0.1, 0.15) is 40.2 Å². The van der Waals surface area contributed by atoms with Gasteiger partial charge < -0.3 is 9.32 Å². The van der Waals surface area contributed by atoms with Crippen molar-refractivity contribution in [1.29, 1.82) is 0 Å². The van der Waals surface area contributed by atoms with Gasteiger partial charge in [0.2, 0.25) is 0 Å². The van der Waals surface area contributed by atoms with E-state index in [4.69, 9.17) is 4.42 Å². The minimum Gasteiger partial charge on any atom is -0.454 e. The molecule has 0 saturated heterocycles. The van der Waals surface area contributed by atoms with E-state index in [1.807, 2.05) is 47.7 Å². The first-order valence-corrected chi connectivity index (χ1v) is 9.44. The number of anilines is 1. The van der Waals surface area contributed by atoms with Crippen molar-refractivity contribution in [3.05, 3.63) is 69.3 Å². The van der Waals surface area contributed by atoms with E-state index in [-0.39, 0.29) is 11.9 Å². The van der Waals surface area contributed by atoms with Crippen LogP contribution in [0.2, 0.25) is 0 Å². The van der Waals surface area contributed by atoms with E-state index in [0.717, 1.165) is 28.0 Å². The zero-order valence-electron chi connectivity index (χ0n) is 15.0. The first-order chi connectivity index (χ1) is 12.5. The smallest absolute Gasteiger partial charge is 0.294 e. The molecule has 0 bridgehead atoms. The second-order valence-corrected chi connectivity index (χ2v) is 7.56. The average molecular weight is 414 g/mol. The number of hydrogen-bond donors (Lipinski definition) is 0. The highest BCUT2D eigenvalue weighted by Crippen LogP contribution is 2.33. The van der Waals surface area contributed by atoms with E-state index >= 15 is 0 Å². The highest BCUT2D eigenvalue weighted by molar-refractivity contribution is 9.10. The maximum Gasteiger partial charge on any atom is 0.294 e. The average Bonchev–Trinajstić information content (AvgIpc) is 3.28. The number of carbonyl (C=O) groups is 1. The van der Waals surface area contributed by atoms with Crippen LogP contribution in [0.25, 0.3) is 0 Å². The molecule has 0 spiro atoms. The van der Waals surface area contributed by atoms with Gasteiger partial charge in [-0.05, 0) is 66.9 Å². The first kappa shape index (κ1) is 17.1. The number of rotatable bonds is 3. The molecule has 134 valence electrons. The molecule has 1 aliphatic heterocycles. The van der Waals surface area contributed by atoms with Crippen molar-refractivity contribution >= 4 is 27.5 Å². The lowest BCUT2D eigenvalue weighted by atomic mass is 10.1. The third-order valence-electron chi connectivity index (χ3n) is 4.90. The number of fused-ring (bicyclic) bond motifs is 1. The van der Waals surface area contributed by atoms with Crippen molar-refractivity contribution < 1.29 is 9.21 Å². The van der Waals surface area contributed by atoms with Crippen LogP contribution in [0.3, 0.4) is 0 Å². The molecule has 0 aliphatic carbocycles. The Morgan fingerprint density at radius 2 is 2.04 bits per heavy atom. The van der Waals surface area contributed by atoms with Crippen LogP contribution >= 0.6 is 15.9 Å². The number of carbonyl (C=O) groups excluding carboxylic acids is 1.